The molecular weight excluding hydrogens is 290 g/mol. The van der Waals surface area contributed by atoms with E-state index in [1.807, 2.05) is 31.3 Å². The third kappa shape index (κ3) is 2.55. The Morgan fingerprint density at radius 3 is 2.52 bits per heavy atom. The van der Waals surface area contributed by atoms with Gasteiger partial charge in [-0.25, -0.2) is 4.98 Å². The lowest BCUT2D eigenvalue weighted by Crippen LogP contribution is -2.15. The van der Waals surface area contributed by atoms with E-state index in [9.17, 15) is 10.1 Å². The second-order valence-corrected chi connectivity index (χ2v) is 5.17. The molecule has 0 aliphatic heterocycles. The van der Waals surface area contributed by atoms with Crippen LogP contribution >= 0.6 is 0 Å². The van der Waals surface area contributed by atoms with Crippen LogP contribution in [0.1, 0.15) is 22.1 Å². The molecule has 3 rings (SSSR count). The molecule has 0 N–H and O–H groups in total. The first-order chi connectivity index (χ1) is 11.2. The fourth-order valence-corrected chi connectivity index (χ4v) is 2.58. The molecule has 0 saturated carbocycles. The van der Waals surface area contributed by atoms with E-state index in [2.05, 4.69) is 11.1 Å². The Hall–Kier alpha value is -3.13. The van der Waals surface area contributed by atoms with E-state index in [1.54, 1.807) is 35.9 Å². The molecule has 0 fully saturated rings. The molecule has 1 unspecified atom stereocenters. The van der Waals surface area contributed by atoms with E-state index in [1.165, 1.54) is 0 Å². The topological polar surface area (TPSA) is 67.9 Å². The van der Waals surface area contributed by atoms with Crippen LogP contribution in [0.5, 0.6) is 5.75 Å². The number of benzene rings is 2. The van der Waals surface area contributed by atoms with Gasteiger partial charge in [0, 0.05) is 12.6 Å². The average molecular weight is 305 g/mol. The number of methoxy groups -OCH3 is 1. The molecule has 1 aromatic heterocycles. The van der Waals surface area contributed by atoms with Crippen LogP contribution in [0.15, 0.2) is 48.5 Å². The maximum Gasteiger partial charge on any atom is 0.187 e. The summed E-state index contributed by atoms with van der Waals surface area (Å²) >= 11 is 0. The molecule has 23 heavy (non-hydrogen) atoms. The van der Waals surface area contributed by atoms with Crippen LogP contribution in [0.25, 0.3) is 11.0 Å². The summed E-state index contributed by atoms with van der Waals surface area (Å²) in [6.07, 6.45) is 0. The summed E-state index contributed by atoms with van der Waals surface area (Å²) in [5, 5.41) is 9.51. The van der Waals surface area contributed by atoms with Gasteiger partial charge in [0.05, 0.1) is 24.2 Å². The van der Waals surface area contributed by atoms with E-state index in [4.69, 9.17) is 4.74 Å². The number of para-hydroxylation sites is 2. The molecule has 114 valence electrons. The molecule has 0 spiro atoms. The summed E-state index contributed by atoms with van der Waals surface area (Å²) in [4.78, 5) is 17.1. The monoisotopic (exact) mass is 305 g/mol. The van der Waals surface area contributed by atoms with Gasteiger partial charge in [0.25, 0.3) is 0 Å². The Balaban J connectivity index is 2.02. The molecule has 5 heteroatoms. The van der Waals surface area contributed by atoms with Crippen LogP contribution < -0.4 is 4.74 Å². The first-order valence-electron chi connectivity index (χ1n) is 7.15. The maximum atomic E-state index is 12.7. The zero-order valence-corrected chi connectivity index (χ0v) is 12.9. The van der Waals surface area contributed by atoms with E-state index in [-0.39, 0.29) is 5.78 Å². The number of nitrogens with zero attached hydrogens (tertiary/aromatic N) is 3. The molecule has 1 heterocycles. The Morgan fingerprint density at radius 2 is 1.91 bits per heavy atom. The van der Waals surface area contributed by atoms with Gasteiger partial charge in [0.15, 0.2) is 11.7 Å². The summed E-state index contributed by atoms with van der Waals surface area (Å²) < 4.78 is 6.88. The second kappa shape index (κ2) is 5.93. The summed E-state index contributed by atoms with van der Waals surface area (Å²) in [7, 11) is 3.38. The number of fused-ring (bicyclic) bond motifs is 1. The van der Waals surface area contributed by atoms with Crippen molar-refractivity contribution in [3.8, 4) is 11.8 Å². The molecule has 2 aromatic carbocycles. The van der Waals surface area contributed by atoms with Crippen molar-refractivity contribution in [2.24, 2.45) is 7.05 Å². The maximum absolute atomic E-state index is 12.7. The molecular formula is C18H15N3O2. The number of ether oxygens (including phenoxy) is 1. The van der Waals surface area contributed by atoms with Crippen LogP contribution in [0.3, 0.4) is 0 Å². The largest absolute Gasteiger partial charge is 0.497 e. The van der Waals surface area contributed by atoms with Crippen LogP contribution in [0, 0.1) is 11.3 Å². The number of nitriles is 1. The van der Waals surface area contributed by atoms with Gasteiger partial charge in [-0.15, -0.1) is 0 Å². The van der Waals surface area contributed by atoms with E-state index >= 15 is 0 Å². The minimum Gasteiger partial charge on any atom is -0.497 e. The quantitative estimate of drug-likeness (QED) is 0.695. The first kappa shape index (κ1) is 14.8. The Morgan fingerprint density at radius 1 is 1.22 bits per heavy atom. The number of carbonyl (C=O) groups excluding carboxylic acids is 1. The fraction of sp³-hybridized carbons (Fsp3) is 0.167. The smallest absolute Gasteiger partial charge is 0.187 e. The van der Waals surface area contributed by atoms with Crippen molar-refractivity contribution < 1.29 is 9.53 Å². The van der Waals surface area contributed by atoms with Gasteiger partial charge in [-0.2, -0.15) is 5.26 Å². The normalized spacial score (nSPS) is 11.9. The Bertz CT molecular complexity index is 904. The molecule has 0 amide bonds. The van der Waals surface area contributed by atoms with Crippen molar-refractivity contribution in [1.82, 2.24) is 9.55 Å². The van der Waals surface area contributed by atoms with Gasteiger partial charge < -0.3 is 9.30 Å². The lowest BCUT2D eigenvalue weighted by atomic mass is 9.98. The number of imidazole rings is 1. The third-order valence-electron chi connectivity index (χ3n) is 3.85. The minimum atomic E-state index is -0.944. The molecule has 5 nitrogen and oxygen atoms in total. The summed E-state index contributed by atoms with van der Waals surface area (Å²) in [5.74, 6) is -0.0957. The van der Waals surface area contributed by atoms with Gasteiger partial charge in [-0.3, -0.25) is 4.79 Å². The van der Waals surface area contributed by atoms with E-state index in [0.717, 1.165) is 11.0 Å². The highest BCUT2D eigenvalue weighted by atomic mass is 16.5. The Labute approximate surface area is 133 Å². The average Bonchev–Trinajstić information content (AvgIpc) is 2.93. The number of aryl methyl sites for hydroxylation is 1. The predicted molar refractivity (Wildman–Crippen MR) is 86.4 cm³/mol. The van der Waals surface area contributed by atoms with Crippen LogP contribution in [-0.2, 0) is 7.05 Å². The van der Waals surface area contributed by atoms with Crippen LogP contribution in [0.2, 0.25) is 0 Å². The third-order valence-corrected chi connectivity index (χ3v) is 3.85. The molecule has 0 aliphatic rings. The summed E-state index contributed by atoms with van der Waals surface area (Å²) in [6, 6.07) is 16.4. The first-order valence-corrected chi connectivity index (χ1v) is 7.15. The number of hydrogen-bond acceptors (Lipinski definition) is 4. The second-order valence-electron chi connectivity index (χ2n) is 5.17. The summed E-state index contributed by atoms with van der Waals surface area (Å²) in [5.41, 5.74) is 2.13. The van der Waals surface area contributed by atoms with Crippen molar-refractivity contribution in [3.05, 3.63) is 59.9 Å². The minimum absolute atomic E-state index is 0.270. The van der Waals surface area contributed by atoms with Crippen molar-refractivity contribution in [2.75, 3.05) is 7.11 Å². The zero-order valence-electron chi connectivity index (χ0n) is 12.9. The van der Waals surface area contributed by atoms with E-state index < -0.39 is 5.92 Å². The predicted octanol–water partition coefficient (Wildman–Crippen LogP) is 3.07. The molecule has 0 radical (unpaired) electrons. The highest BCUT2D eigenvalue weighted by Crippen LogP contribution is 2.24. The number of hydrogen-bond donors (Lipinski definition) is 0. The van der Waals surface area contributed by atoms with Crippen molar-refractivity contribution in [2.45, 2.75) is 5.92 Å². The van der Waals surface area contributed by atoms with Gasteiger partial charge in [0.2, 0.25) is 0 Å². The number of aromatic nitrogens is 2. The number of rotatable bonds is 4. The highest BCUT2D eigenvalue weighted by molar-refractivity contribution is 6.02. The van der Waals surface area contributed by atoms with Gasteiger partial charge in [-0.05, 0) is 36.4 Å². The van der Waals surface area contributed by atoms with E-state index in [0.29, 0.717) is 17.1 Å². The molecule has 0 aliphatic carbocycles. The molecule has 1 atom stereocenters. The SMILES string of the molecule is COc1ccc(C(=O)C(C#N)c2nc3ccccc3n2C)cc1. The molecule has 0 saturated heterocycles. The molecule has 0 bridgehead atoms. The zero-order chi connectivity index (χ0) is 16.4. The number of carbonyl (C=O) groups is 1. The number of Topliss-reactive ketones (excluding diaryl/α,β-unsaturated/α-hetero) is 1. The standard InChI is InChI=1S/C18H15N3O2/c1-21-16-6-4-3-5-15(16)20-18(21)14(11-19)17(22)12-7-9-13(23-2)10-8-12/h3-10,14H,1-2H3. The highest BCUT2D eigenvalue weighted by Gasteiger charge is 2.26. The lowest BCUT2D eigenvalue weighted by Gasteiger charge is -2.09. The Kier molecular flexibility index (Phi) is 3.82. The van der Waals surface area contributed by atoms with Crippen molar-refractivity contribution >= 4 is 16.8 Å². The van der Waals surface area contributed by atoms with Crippen molar-refractivity contribution in [1.29, 1.82) is 5.26 Å². The van der Waals surface area contributed by atoms with Crippen LogP contribution in [0.4, 0.5) is 0 Å². The van der Waals surface area contributed by atoms with Crippen LogP contribution in [-0.4, -0.2) is 22.4 Å². The number of ketones is 1. The lowest BCUT2D eigenvalue weighted by molar-refractivity contribution is 0.0975. The van der Waals surface area contributed by atoms with Crippen molar-refractivity contribution in [3.63, 3.8) is 0 Å². The molecule has 3 aromatic rings. The van der Waals surface area contributed by atoms with Gasteiger partial charge in [0.1, 0.15) is 11.6 Å². The fourth-order valence-electron chi connectivity index (χ4n) is 2.58. The van der Waals surface area contributed by atoms with Gasteiger partial charge >= 0.3 is 0 Å². The van der Waals surface area contributed by atoms with Gasteiger partial charge in [-0.1, -0.05) is 12.1 Å². The summed E-state index contributed by atoms with van der Waals surface area (Å²) in [6.45, 7) is 0.